The maximum absolute atomic E-state index is 11.2. The fourth-order valence-corrected chi connectivity index (χ4v) is 4.34. The molecular weight excluding hydrogens is 376 g/mol. The fraction of sp³-hybridized carbons (Fsp3) is 0.364. The predicted molar refractivity (Wildman–Crippen MR) is 114 cm³/mol. The van der Waals surface area contributed by atoms with Crippen molar-refractivity contribution in [3.63, 3.8) is 0 Å². The number of halogens is 1. The molecule has 0 radical (unpaired) electrons. The van der Waals surface area contributed by atoms with Crippen LogP contribution in [0.2, 0.25) is 5.02 Å². The quantitative estimate of drug-likeness (QED) is 0.654. The summed E-state index contributed by atoms with van der Waals surface area (Å²) in [5.74, 6) is -1.09. The Hall–Kier alpha value is -2.53. The lowest BCUT2D eigenvalue weighted by molar-refractivity contribution is 0.0693. The highest BCUT2D eigenvalue weighted by molar-refractivity contribution is 6.33. The van der Waals surface area contributed by atoms with Crippen LogP contribution in [0.5, 0.6) is 5.75 Å². The number of nitrogens with zero attached hydrogens (tertiary/aromatic N) is 2. The summed E-state index contributed by atoms with van der Waals surface area (Å²) in [5.41, 5.74) is 3.51. The number of aliphatic imine (C=N–C) groups is 1. The number of rotatable bonds is 4. The SMILES string of the molecule is CCN1c2cc(Cl)c(C=Nc3ccc(O)c(C(=O)O)c3)cc2C(C)CC1(C)C. The second kappa shape index (κ2) is 7.47. The lowest BCUT2D eigenvalue weighted by Gasteiger charge is -2.47. The van der Waals surface area contributed by atoms with E-state index in [1.165, 1.54) is 17.7 Å². The van der Waals surface area contributed by atoms with Crippen molar-refractivity contribution in [3.8, 4) is 5.75 Å². The van der Waals surface area contributed by atoms with Gasteiger partial charge in [0.2, 0.25) is 0 Å². The molecule has 0 bridgehead atoms. The third-order valence-corrected chi connectivity index (χ3v) is 5.71. The summed E-state index contributed by atoms with van der Waals surface area (Å²) in [6.07, 6.45) is 2.69. The highest BCUT2D eigenvalue weighted by Gasteiger charge is 2.35. The van der Waals surface area contributed by atoms with E-state index in [4.69, 9.17) is 16.7 Å². The van der Waals surface area contributed by atoms with E-state index < -0.39 is 5.97 Å². The monoisotopic (exact) mass is 400 g/mol. The average molecular weight is 401 g/mol. The molecule has 0 amide bonds. The van der Waals surface area contributed by atoms with E-state index in [0.29, 0.717) is 16.6 Å². The standard InChI is InChI=1S/C22H25ClN2O3/c1-5-25-19-10-18(23)14(8-16(19)13(2)11-22(25,3)4)12-24-15-6-7-20(26)17(9-15)21(27)28/h6-10,12-13,26H,5,11H2,1-4H3,(H,27,28). The van der Waals surface area contributed by atoms with Crippen molar-refractivity contribution >= 4 is 35.2 Å². The average Bonchev–Trinajstić information content (AvgIpc) is 2.60. The highest BCUT2D eigenvalue weighted by atomic mass is 35.5. The van der Waals surface area contributed by atoms with Crippen LogP contribution in [0.25, 0.3) is 0 Å². The number of carbonyl (C=O) groups is 1. The largest absolute Gasteiger partial charge is 0.507 e. The van der Waals surface area contributed by atoms with E-state index in [9.17, 15) is 9.90 Å². The molecule has 1 aliphatic heterocycles. The third kappa shape index (κ3) is 3.72. The van der Waals surface area contributed by atoms with Gasteiger partial charge in [-0.25, -0.2) is 4.79 Å². The molecule has 0 saturated heterocycles. The molecule has 2 N–H and O–H groups in total. The Morgan fingerprint density at radius 3 is 2.71 bits per heavy atom. The van der Waals surface area contributed by atoms with Crippen molar-refractivity contribution in [2.45, 2.75) is 45.6 Å². The van der Waals surface area contributed by atoms with Crippen LogP contribution >= 0.6 is 11.6 Å². The van der Waals surface area contributed by atoms with Gasteiger partial charge in [0.15, 0.2) is 0 Å². The van der Waals surface area contributed by atoms with Gasteiger partial charge >= 0.3 is 5.97 Å². The van der Waals surface area contributed by atoms with Gasteiger partial charge in [0.05, 0.1) is 10.7 Å². The van der Waals surface area contributed by atoms with E-state index in [1.807, 2.05) is 6.07 Å². The molecule has 0 fully saturated rings. The minimum atomic E-state index is -1.20. The maximum atomic E-state index is 11.2. The molecule has 0 saturated carbocycles. The zero-order chi connectivity index (χ0) is 20.6. The minimum absolute atomic E-state index is 0.0688. The Bertz CT molecular complexity index is 953. The Kier molecular flexibility index (Phi) is 5.39. The second-order valence-corrected chi connectivity index (χ2v) is 8.27. The van der Waals surface area contributed by atoms with E-state index in [0.717, 1.165) is 24.2 Å². The highest BCUT2D eigenvalue weighted by Crippen LogP contribution is 2.44. The van der Waals surface area contributed by atoms with Gasteiger partial charge in [-0.2, -0.15) is 0 Å². The molecule has 0 aliphatic carbocycles. The molecular formula is C22H25ClN2O3. The molecule has 28 heavy (non-hydrogen) atoms. The molecule has 0 spiro atoms. The summed E-state index contributed by atoms with van der Waals surface area (Å²) < 4.78 is 0. The number of benzene rings is 2. The van der Waals surface area contributed by atoms with Gasteiger partial charge in [-0.1, -0.05) is 18.5 Å². The molecule has 1 atom stereocenters. The van der Waals surface area contributed by atoms with Crippen molar-refractivity contribution in [1.82, 2.24) is 0 Å². The maximum Gasteiger partial charge on any atom is 0.339 e. The molecule has 1 aliphatic rings. The molecule has 1 heterocycles. The third-order valence-electron chi connectivity index (χ3n) is 5.38. The molecule has 2 aromatic carbocycles. The zero-order valence-corrected chi connectivity index (χ0v) is 17.3. The molecule has 2 aromatic rings. The number of carboxylic acid groups (broad SMARTS) is 1. The number of hydrogen-bond donors (Lipinski definition) is 2. The van der Waals surface area contributed by atoms with Gasteiger partial charge in [0.25, 0.3) is 0 Å². The van der Waals surface area contributed by atoms with Crippen LogP contribution in [0.1, 0.15) is 61.5 Å². The number of carboxylic acids is 1. The second-order valence-electron chi connectivity index (χ2n) is 7.86. The molecule has 6 heteroatoms. The van der Waals surface area contributed by atoms with Crippen LogP contribution in [0.3, 0.4) is 0 Å². The molecule has 148 valence electrons. The van der Waals surface area contributed by atoms with Crippen molar-refractivity contribution in [2.75, 3.05) is 11.4 Å². The summed E-state index contributed by atoms with van der Waals surface area (Å²) >= 11 is 6.55. The number of fused-ring (bicyclic) bond motifs is 1. The first-order valence-corrected chi connectivity index (χ1v) is 9.73. The van der Waals surface area contributed by atoms with Crippen LogP contribution in [0.4, 0.5) is 11.4 Å². The predicted octanol–water partition coefficient (Wildman–Crippen LogP) is 5.61. The Morgan fingerprint density at radius 2 is 2.07 bits per heavy atom. The Labute approximate surface area is 170 Å². The van der Waals surface area contributed by atoms with E-state index >= 15 is 0 Å². The lowest BCUT2D eigenvalue weighted by atomic mass is 9.79. The number of phenols is 1. The van der Waals surface area contributed by atoms with Crippen LogP contribution in [0, 0.1) is 0 Å². The van der Waals surface area contributed by atoms with Crippen LogP contribution in [-0.2, 0) is 0 Å². The topological polar surface area (TPSA) is 73.1 Å². The van der Waals surface area contributed by atoms with Crippen molar-refractivity contribution in [3.05, 3.63) is 52.0 Å². The van der Waals surface area contributed by atoms with Crippen LogP contribution in [0.15, 0.2) is 35.3 Å². The summed E-state index contributed by atoms with van der Waals surface area (Å²) in [6.45, 7) is 9.78. The van der Waals surface area contributed by atoms with Gasteiger partial charge < -0.3 is 15.1 Å². The molecule has 5 nitrogen and oxygen atoms in total. The van der Waals surface area contributed by atoms with Gasteiger partial charge in [-0.15, -0.1) is 0 Å². The summed E-state index contributed by atoms with van der Waals surface area (Å²) in [7, 11) is 0. The number of aromatic hydroxyl groups is 1. The summed E-state index contributed by atoms with van der Waals surface area (Å²) in [5, 5.41) is 19.4. The number of hydrogen-bond acceptors (Lipinski definition) is 4. The zero-order valence-electron chi connectivity index (χ0n) is 16.5. The van der Waals surface area contributed by atoms with E-state index in [1.54, 1.807) is 12.3 Å². The van der Waals surface area contributed by atoms with Gasteiger partial charge in [-0.05, 0) is 69.0 Å². The van der Waals surface area contributed by atoms with Crippen LogP contribution in [-0.4, -0.2) is 34.5 Å². The van der Waals surface area contributed by atoms with Crippen LogP contribution < -0.4 is 4.90 Å². The first kappa shape index (κ1) is 20.2. The first-order valence-electron chi connectivity index (χ1n) is 9.35. The van der Waals surface area contributed by atoms with Crippen molar-refractivity contribution in [2.24, 2.45) is 4.99 Å². The number of aromatic carboxylic acids is 1. The fourth-order valence-electron chi connectivity index (χ4n) is 4.14. The van der Waals surface area contributed by atoms with E-state index in [2.05, 4.69) is 43.7 Å². The molecule has 1 unspecified atom stereocenters. The smallest absolute Gasteiger partial charge is 0.339 e. The van der Waals surface area contributed by atoms with Gasteiger partial charge in [0, 0.05) is 29.5 Å². The summed E-state index contributed by atoms with van der Waals surface area (Å²) in [6, 6.07) is 8.30. The lowest BCUT2D eigenvalue weighted by Crippen LogP contribution is -2.48. The molecule has 0 aromatic heterocycles. The van der Waals surface area contributed by atoms with Gasteiger partial charge in [0.1, 0.15) is 11.3 Å². The van der Waals surface area contributed by atoms with E-state index in [-0.39, 0.29) is 16.9 Å². The van der Waals surface area contributed by atoms with Crippen molar-refractivity contribution < 1.29 is 15.0 Å². The Morgan fingerprint density at radius 1 is 1.36 bits per heavy atom. The summed E-state index contributed by atoms with van der Waals surface area (Å²) in [4.78, 5) is 17.9. The number of anilines is 1. The van der Waals surface area contributed by atoms with Gasteiger partial charge in [-0.3, -0.25) is 4.99 Å². The minimum Gasteiger partial charge on any atom is -0.507 e. The Balaban J connectivity index is 1.99. The first-order chi connectivity index (χ1) is 13.1. The normalized spacial score (nSPS) is 18.3. The molecule has 3 rings (SSSR count). The van der Waals surface area contributed by atoms with Crippen molar-refractivity contribution in [1.29, 1.82) is 0 Å².